The molecule has 2 rings (SSSR count). The highest BCUT2D eigenvalue weighted by atomic mass is 79.9. The van der Waals surface area contributed by atoms with Crippen molar-refractivity contribution in [3.05, 3.63) is 57.8 Å². The number of hydrogen-bond acceptors (Lipinski definition) is 4. The summed E-state index contributed by atoms with van der Waals surface area (Å²) < 4.78 is 24.0. The summed E-state index contributed by atoms with van der Waals surface area (Å²) in [7, 11) is 1.29. The van der Waals surface area contributed by atoms with Crippen LogP contribution in [0.15, 0.2) is 40.9 Å². The first kappa shape index (κ1) is 15.0. The number of nitriles is 1. The van der Waals surface area contributed by atoms with E-state index in [1.807, 2.05) is 6.07 Å². The smallest absolute Gasteiger partial charge is 0.337 e. The predicted octanol–water partition coefficient (Wildman–Crippen LogP) is 4.04. The monoisotopic (exact) mass is 349 g/mol. The summed E-state index contributed by atoms with van der Waals surface area (Å²) in [5, 5.41) is 8.80. The lowest BCUT2D eigenvalue weighted by molar-refractivity contribution is 0.0600. The molecule has 0 heterocycles. The Morgan fingerprint density at radius 3 is 2.48 bits per heavy atom. The number of nitrogens with zero attached hydrogens (tertiary/aromatic N) is 1. The zero-order chi connectivity index (χ0) is 15.4. The standard InChI is InChI=1S/C15H9BrFNO3/c1-20-15(19)9-2-5-11(6-3-9)21-12-7-4-10(8-18)13(16)14(12)17/h2-7H,1H3. The van der Waals surface area contributed by atoms with Crippen LogP contribution in [0.25, 0.3) is 0 Å². The predicted molar refractivity (Wildman–Crippen MR) is 76.7 cm³/mol. The molecule has 0 aliphatic heterocycles. The summed E-state index contributed by atoms with van der Waals surface area (Å²) in [6.07, 6.45) is 0. The molecule has 0 bridgehead atoms. The van der Waals surface area contributed by atoms with Crippen LogP contribution in [-0.4, -0.2) is 13.1 Å². The van der Waals surface area contributed by atoms with E-state index < -0.39 is 11.8 Å². The maximum Gasteiger partial charge on any atom is 0.337 e. The minimum absolute atomic E-state index is 0.0216. The van der Waals surface area contributed by atoms with Gasteiger partial charge in [-0.05, 0) is 52.3 Å². The summed E-state index contributed by atoms with van der Waals surface area (Å²) in [4.78, 5) is 11.3. The first-order chi connectivity index (χ1) is 10.1. The van der Waals surface area contributed by atoms with Crippen molar-refractivity contribution in [3.8, 4) is 17.6 Å². The number of halogens is 2. The first-order valence-corrected chi connectivity index (χ1v) is 6.60. The van der Waals surface area contributed by atoms with Gasteiger partial charge in [-0.25, -0.2) is 9.18 Å². The number of benzene rings is 2. The van der Waals surface area contributed by atoms with Crippen molar-refractivity contribution in [2.75, 3.05) is 7.11 Å². The van der Waals surface area contributed by atoms with Gasteiger partial charge in [0.1, 0.15) is 11.8 Å². The summed E-state index contributed by atoms with van der Waals surface area (Å²) in [5.74, 6) is -0.787. The van der Waals surface area contributed by atoms with Crippen LogP contribution in [0.3, 0.4) is 0 Å². The fourth-order valence-electron chi connectivity index (χ4n) is 1.60. The van der Waals surface area contributed by atoms with Gasteiger partial charge < -0.3 is 9.47 Å². The first-order valence-electron chi connectivity index (χ1n) is 5.81. The summed E-state index contributed by atoms with van der Waals surface area (Å²) in [6, 6.07) is 10.8. The second kappa shape index (κ2) is 6.37. The van der Waals surface area contributed by atoms with Gasteiger partial charge in [0.2, 0.25) is 0 Å². The van der Waals surface area contributed by atoms with Crippen molar-refractivity contribution >= 4 is 21.9 Å². The van der Waals surface area contributed by atoms with Gasteiger partial charge in [0.15, 0.2) is 11.6 Å². The highest BCUT2D eigenvalue weighted by Crippen LogP contribution is 2.31. The third kappa shape index (κ3) is 3.20. The van der Waals surface area contributed by atoms with Crippen molar-refractivity contribution in [1.29, 1.82) is 5.26 Å². The molecule has 106 valence electrons. The Labute approximate surface area is 128 Å². The number of ether oxygens (including phenoxy) is 2. The number of hydrogen-bond donors (Lipinski definition) is 0. The van der Waals surface area contributed by atoms with E-state index in [4.69, 9.17) is 10.00 Å². The molecule has 0 aliphatic rings. The van der Waals surface area contributed by atoms with Crippen LogP contribution in [0.5, 0.6) is 11.5 Å². The second-order valence-electron chi connectivity index (χ2n) is 3.97. The van der Waals surface area contributed by atoms with E-state index in [9.17, 15) is 9.18 Å². The Bertz CT molecular complexity index is 723. The lowest BCUT2D eigenvalue weighted by atomic mass is 10.2. The van der Waals surface area contributed by atoms with Crippen LogP contribution in [0.4, 0.5) is 4.39 Å². The molecule has 0 aromatic heterocycles. The molecular formula is C15H9BrFNO3. The van der Waals surface area contributed by atoms with Gasteiger partial charge in [-0.2, -0.15) is 5.26 Å². The topological polar surface area (TPSA) is 59.3 Å². The minimum atomic E-state index is -0.661. The fourth-order valence-corrected chi connectivity index (χ4v) is 2.02. The Morgan fingerprint density at radius 1 is 1.24 bits per heavy atom. The molecule has 21 heavy (non-hydrogen) atoms. The van der Waals surface area contributed by atoms with Gasteiger partial charge in [-0.15, -0.1) is 0 Å². The molecule has 0 fully saturated rings. The largest absolute Gasteiger partial charge is 0.465 e. The van der Waals surface area contributed by atoms with Crippen molar-refractivity contribution < 1.29 is 18.7 Å². The highest BCUT2D eigenvalue weighted by molar-refractivity contribution is 9.10. The number of esters is 1. The van der Waals surface area contributed by atoms with Crippen molar-refractivity contribution in [3.63, 3.8) is 0 Å². The average Bonchev–Trinajstić information content (AvgIpc) is 2.52. The number of methoxy groups -OCH3 is 1. The number of rotatable bonds is 3. The van der Waals surface area contributed by atoms with Crippen molar-refractivity contribution in [2.45, 2.75) is 0 Å². The molecule has 4 nitrogen and oxygen atoms in total. The van der Waals surface area contributed by atoms with Gasteiger partial charge in [0, 0.05) is 0 Å². The maximum atomic E-state index is 14.0. The Kier molecular flexibility index (Phi) is 4.55. The van der Waals surface area contributed by atoms with Gasteiger partial charge in [-0.3, -0.25) is 0 Å². The van der Waals surface area contributed by atoms with Gasteiger partial charge in [0.25, 0.3) is 0 Å². The van der Waals surface area contributed by atoms with Gasteiger partial charge in [0.05, 0.1) is 22.7 Å². The molecule has 0 unspecified atom stereocenters. The zero-order valence-electron chi connectivity index (χ0n) is 10.9. The van der Waals surface area contributed by atoms with Gasteiger partial charge in [-0.1, -0.05) is 0 Å². The molecule has 0 amide bonds. The van der Waals surface area contributed by atoms with Crippen LogP contribution in [-0.2, 0) is 4.74 Å². The SMILES string of the molecule is COC(=O)c1ccc(Oc2ccc(C#N)c(Br)c2F)cc1. The highest BCUT2D eigenvalue weighted by Gasteiger charge is 2.13. The molecule has 0 spiro atoms. The zero-order valence-corrected chi connectivity index (χ0v) is 12.5. The summed E-state index contributed by atoms with van der Waals surface area (Å²) in [5.41, 5.74) is 0.548. The normalized spacial score (nSPS) is 9.81. The second-order valence-corrected chi connectivity index (χ2v) is 4.76. The van der Waals surface area contributed by atoms with Gasteiger partial charge >= 0.3 is 5.97 Å². The van der Waals surface area contributed by atoms with E-state index in [0.29, 0.717) is 11.3 Å². The van der Waals surface area contributed by atoms with Crippen LogP contribution in [0, 0.1) is 17.1 Å². The van der Waals surface area contributed by atoms with E-state index in [2.05, 4.69) is 20.7 Å². The van der Waals surface area contributed by atoms with E-state index >= 15 is 0 Å². The van der Waals surface area contributed by atoms with E-state index in [1.54, 1.807) is 0 Å². The molecule has 0 saturated carbocycles. The molecule has 0 aliphatic carbocycles. The van der Waals surface area contributed by atoms with Crippen LogP contribution < -0.4 is 4.74 Å². The summed E-state index contributed by atoms with van der Waals surface area (Å²) >= 11 is 3.01. The quantitative estimate of drug-likeness (QED) is 0.784. The molecule has 0 atom stereocenters. The fraction of sp³-hybridized carbons (Fsp3) is 0.0667. The van der Waals surface area contributed by atoms with Crippen molar-refractivity contribution in [2.24, 2.45) is 0 Å². The number of carbonyl (C=O) groups is 1. The molecule has 2 aromatic rings. The van der Waals surface area contributed by atoms with Crippen LogP contribution >= 0.6 is 15.9 Å². The minimum Gasteiger partial charge on any atom is -0.465 e. The third-order valence-corrected chi connectivity index (χ3v) is 3.45. The van der Waals surface area contributed by atoms with Crippen molar-refractivity contribution in [1.82, 2.24) is 0 Å². The Hall–Kier alpha value is -2.39. The molecule has 0 N–H and O–H groups in total. The van der Waals surface area contributed by atoms with E-state index in [1.165, 1.54) is 43.5 Å². The van der Waals surface area contributed by atoms with E-state index in [-0.39, 0.29) is 15.8 Å². The Balaban J connectivity index is 2.25. The Morgan fingerprint density at radius 2 is 1.90 bits per heavy atom. The lowest BCUT2D eigenvalue weighted by Gasteiger charge is -2.09. The van der Waals surface area contributed by atoms with Crippen LogP contribution in [0.1, 0.15) is 15.9 Å². The molecule has 0 saturated heterocycles. The summed E-state index contributed by atoms with van der Waals surface area (Å²) in [6.45, 7) is 0. The molecule has 6 heteroatoms. The molecule has 2 aromatic carbocycles. The number of carbonyl (C=O) groups excluding carboxylic acids is 1. The lowest BCUT2D eigenvalue weighted by Crippen LogP contribution is -2.00. The maximum absolute atomic E-state index is 14.0. The van der Waals surface area contributed by atoms with E-state index in [0.717, 1.165) is 0 Å². The van der Waals surface area contributed by atoms with Crippen LogP contribution in [0.2, 0.25) is 0 Å². The molecule has 0 radical (unpaired) electrons. The third-order valence-electron chi connectivity index (χ3n) is 2.67. The molecular weight excluding hydrogens is 341 g/mol. The average molecular weight is 350 g/mol.